The first-order valence-electron chi connectivity index (χ1n) is 9.82. The van der Waals surface area contributed by atoms with E-state index < -0.39 is 10.8 Å². The van der Waals surface area contributed by atoms with Crippen molar-refractivity contribution >= 4 is 39.7 Å². The third-order valence-corrected chi connectivity index (χ3v) is 5.64. The van der Waals surface area contributed by atoms with E-state index >= 15 is 0 Å². The van der Waals surface area contributed by atoms with E-state index in [1.165, 1.54) is 17.4 Å². The van der Waals surface area contributed by atoms with E-state index in [4.69, 9.17) is 4.74 Å². The van der Waals surface area contributed by atoms with Crippen LogP contribution in [0.2, 0.25) is 0 Å². The molecule has 1 aliphatic heterocycles. The largest absolute Gasteiger partial charge is 0.466 e. The van der Waals surface area contributed by atoms with Gasteiger partial charge >= 0.3 is 5.97 Å². The number of carbonyl (C=O) groups is 2. The van der Waals surface area contributed by atoms with E-state index in [1.807, 2.05) is 4.90 Å². The van der Waals surface area contributed by atoms with Crippen molar-refractivity contribution in [3.05, 3.63) is 45.0 Å². The predicted molar refractivity (Wildman–Crippen MR) is 114 cm³/mol. The molecule has 1 unspecified atom stereocenters. The Bertz CT molecular complexity index is 945. The molecule has 0 radical (unpaired) electrons. The zero-order chi connectivity index (χ0) is 21.7. The normalized spacial score (nSPS) is 16.2. The molecule has 1 N–H and O–H groups in total. The zero-order valence-corrected chi connectivity index (χ0v) is 17.7. The first-order valence-corrected chi connectivity index (χ1v) is 10.7. The number of ether oxygens (including phenoxy) is 1. The molecule has 1 aromatic carbocycles. The molecule has 10 heteroatoms. The van der Waals surface area contributed by atoms with Gasteiger partial charge in [-0.25, -0.2) is 4.98 Å². The lowest BCUT2D eigenvalue weighted by Gasteiger charge is -2.32. The summed E-state index contributed by atoms with van der Waals surface area (Å²) in [5, 5.41) is 16.2. The Morgan fingerprint density at radius 1 is 1.43 bits per heavy atom. The molecule has 2 heterocycles. The maximum atomic E-state index is 12.6. The van der Waals surface area contributed by atoms with Gasteiger partial charge in [-0.05, 0) is 37.8 Å². The molecular formula is C20H24N4O5S. The highest BCUT2D eigenvalue weighted by atomic mass is 32.1. The van der Waals surface area contributed by atoms with Crippen LogP contribution < -0.4 is 10.2 Å². The van der Waals surface area contributed by atoms with Crippen molar-refractivity contribution in [2.45, 2.75) is 33.1 Å². The Kier molecular flexibility index (Phi) is 6.99. The summed E-state index contributed by atoms with van der Waals surface area (Å²) in [6.07, 6.45) is 2.12. The van der Waals surface area contributed by atoms with E-state index in [0.717, 1.165) is 25.9 Å². The minimum absolute atomic E-state index is 0.0225. The second-order valence-corrected chi connectivity index (χ2v) is 8.09. The molecule has 0 bridgehead atoms. The standard InChI is InChI=1S/C20H24N4O5S/c1-3-29-18(25)10-15-12-30-20(21-15)22-19(26)14-6-7-16(17(9-14)24(27)28)23-8-4-5-13(2)11-23/h6-7,9,12-13H,3-5,8,10-11H2,1-2H3,(H,21,22,26). The minimum atomic E-state index is -0.492. The van der Waals surface area contributed by atoms with Gasteiger partial charge in [0, 0.05) is 30.1 Å². The van der Waals surface area contributed by atoms with Crippen molar-refractivity contribution in [1.82, 2.24) is 4.98 Å². The fraction of sp³-hybridized carbons (Fsp3) is 0.450. The molecule has 3 rings (SSSR count). The number of hydrogen-bond acceptors (Lipinski definition) is 8. The van der Waals surface area contributed by atoms with Crippen LogP contribution in [0.3, 0.4) is 0 Å². The summed E-state index contributed by atoms with van der Waals surface area (Å²) in [4.78, 5) is 41.5. The molecule has 1 atom stereocenters. The fourth-order valence-corrected chi connectivity index (χ4v) is 4.17. The highest BCUT2D eigenvalue weighted by Crippen LogP contribution is 2.32. The van der Waals surface area contributed by atoms with Crippen LogP contribution in [0.25, 0.3) is 0 Å². The fourth-order valence-electron chi connectivity index (χ4n) is 3.46. The van der Waals surface area contributed by atoms with Gasteiger partial charge in [0.2, 0.25) is 0 Å². The quantitative estimate of drug-likeness (QED) is 0.403. The number of carbonyl (C=O) groups excluding carboxylic acids is 2. The maximum Gasteiger partial charge on any atom is 0.311 e. The predicted octanol–water partition coefficient (Wildman–Crippen LogP) is 3.65. The molecule has 160 valence electrons. The number of aromatic nitrogens is 1. The first-order chi connectivity index (χ1) is 14.4. The Morgan fingerprint density at radius 2 is 2.23 bits per heavy atom. The topological polar surface area (TPSA) is 115 Å². The van der Waals surface area contributed by atoms with Crippen LogP contribution in [0.5, 0.6) is 0 Å². The molecule has 0 spiro atoms. The monoisotopic (exact) mass is 432 g/mol. The summed E-state index contributed by atoms with van der Waals surface area (Å²) in [5.41, 5.74) is 1.12. The van der Waals surface area contributed by atoms with E-state index in [2.05, 4.69) is 17.2 Å². The number of rotatable bonds is 7. The lowest BCUT2D eigenvalue weighted by Crippen LogP contribution is -2.34. The van der Waals surface area contributed by atoms with Gasteiger partial charge in [0.25, 0.3) is 11.6 Å². The van der Waals surface area contributed by atoms with Crippen LogP contribution in [0, 0.1) is 16.0 Å². The smallest absolute Gasteiger partial charge is 0.311 e. The Balaban J connectivity index is 1.73. The lowest BCUT2D eigenvalue weighted by molar-refractivity contribution is -0.384. The summed E-state index contributed by atoms with van der Waals surface area (Å²) in [6.45, 7) is 5.66. The Labute approximate surface area is 178 Å². The number of nitro benzene ring substituents is 1. The van der Waals surface area contributed by atoms with E-state index in [9.17, 15) is 19.7 Å². The van der Waals surface area contributed by atoms with Gasteiger partial charge < -0.3 is 9.64 Å². The summed E-state index contributed by atoms with van der Waals surface area (Å²) in [7, 11) is 0. The number of piperidine rings is 1. The number of esters is 1. The zero-order valence-electron chi connectivity index (χ0n) is 16.9. The number of benzene rings is 1. The van der Waals surface area contributed by atoms with Crippen LogP contribution >= 0.6 is 11.3 Å². The number of hydrogen-bond donors (Lipinski definition) is 1. The number of nitrogens with zero attached hydrogens (tertiary/aromatic N) is 3. The molecular weight excluding hydrogens is 408 g/mol. The van der Waals surface area contributed by atoms with Crippen molar-refractivity contribution < 1.29 is 19.2 Å². The van der Waals surface area contributed by atoms with Crippen molar-refractivity contribution in [2.75, 3.05) is 29.9 Å². The summed E-state index contributed by atoms with van der Waals surface area (Å²) < 4.78 is 4.88. The molecule has 1 fully saturated rings. The van der Waals surface area contributed by atoms with Crippen LogP contribution in [-0.4, -0.2) is 41.5 Å². The summed E-state index contributed by atoms with van der Waals surface area (Å²) >= 11 is 1.18. The molecule has 1 amide bonds. The third kappa shape index (κ3) is 5.32. The van der Waals surface area contributed by atoms with E-state index in [0.29, 0.717) is 22.4 Å². The van der Waals surface area contributed by atoms with Crippen LogP contribution in [0.1, 0.15) is 42.7 Å². The van der Waals surface area contributed by atoms with Gasteiger partial charge in [-0.2, -0.15) is 0 Å². The van der Waals surface area contributed by atoms with Gasteiger partial charge in [0.15, 0.2) is 5.13 Å². The average Bonchev–Trinajstić information content (AvgIpc) is 3.14. The van der Waals surface area contributed by atoms with E-state index in [1.54, 1.807) is 24.4 Å². The lowest BCUT2D eigenvalue weighted by atomic mass is 9.99. The van der Waals surface area contributed by atoms with Crippen LogP contribution in [0.4, 0.5) is 16.5 Å². The molecule has 30 heavy (non-hydrogen) atoms. The molecule has 1 saturated heterocycles. The van der Waals surface area contributed by atoms with Crippen molar-refractivity contribution in [1.29, 1.82) is 0 Å². The first kappa shape index (κ1) is 21.7. The molecule has 0 saturated carbocycles. The second-order valence-electron chi connectivity index (χ2n) is 7.23. The van der Waals surface area contributed by atoms with Gasteiger partial charge in [-0.3, -0.25) is 25.0 Å². The maximum absolute atomic E-state index is 12.6. The van der Waals surface area contributed by atoms with Gasteiger partial charge in [-0.1, -0.05) is 6.92 Å². The molecule has 1 aliphatic rings. The van der Waals surface area contributed by atoms with Gasteiger partial charge in [0.05, 0.1) is 23.6 Å². The molecule has 9 nitrogen and oxygen atoms in total. The van der Waals surface area contributed by atoms with Crippen molar-refractivity contribution in [3.63, 3.8) is 0 Å². The minimum Gasteiger partial charge on any atom is -0.466 e. The summed E-state index contributed by atoms with van der Waals surface area (Å²) in [6, 6.07) is 4.53. The Morgan fingerprint density at radius 3 is 2.93 bits per heavy atom. The van der Waals surface area contributed by atoms with Crippen molar-refractivity contribution in [3.8, 4) is 0 Å². The SMILES string of the molecule is CCOC(=O)Cc1csc(NC(=O)c2ccc(N3CCCC(C)C3)c([N+](=O)[O-])c2)n1. The Hall–Kier alpha value is -3.01. The number of nitrogens with one attached hydrogen (secondary N) is 1. The third-order valence-electron chi connectivity index (χ3n) is 4.83. The highest BCUT2D eigenvalue weighted by molar-refractivity contribution is 7.14. The molecule has 1 aromatic heterocycles. The van der Waals surface area contributed by atoms with E-state index in [-0.39, 0.29) is 30.2 Å². The number of anilines is 2. The van der Waals surface area contributed by atoms with Gasteiger partial charge in [-0.15, -0.1) is 11.3 Å². The second kappa shape index (κ2) is 9.66. The average molecular weight is 433 g/mol. The molecule has 0 aliphatic carbocycles. The van der Waals surface area contributed by atoms with Gasteiger partial charge in [0.1, 0.15) is 5.69 Å². The van der Waals surface area contributed by atoms with Crippen LogP contribution in [0.15, 0.2) is 23.6 Å². The number of nitro groups is 1. The number of amides is 1. The van der Waals surface area contributed by atoms with Crippen LogP contribution in [-0.2, 0) is 16.0 Å². The highest BCUT2D eigenvalue weighted by Gasteiger charge is 2.25. The molecule has 2 aromatic rings. The summed E-state index contributed by atoms with van der Waals surface area (Å²) in [5.74, 6) is -0.414. The van der Waals surface area contributed by atoms with Crippen molar-refractivity contribution in [2.24, 2.45) is 5.92 Å². The number of thiazole rings is 1.